The second kappa shape index (κ2) is 9.14. The minimum Gasteiger partial charge on any atom is -0.433 e. The Morgan fingerprint density at radius 2 is 1.19 bits per heavy atom. The summed E-state index contributed by atoms with van der Waals surface area (Å²) in [7, 11) is -1.87. The number of rotatable bonds is 8. The molecule has 3 aromatic carbocycles. The molecule has 3 rings (SSSR count). The fraction of sp³-hybridized carbons (Fsp3) is 0.0952. The van der Waals surface area contributed by atoms with Crippen molar-refractivity contribution in [2.45, 2.75) is 12.5 Å². The molecule has 0 aliphatic heterocycles. The molecule has 0 saturated carbocycles. The summed E-state index contributed by atoms with van der Waals surface area (Å²) in [5, 5.41) is 0. The van der Waals surface area contributed by atoms with Gasteiger partial charge in [0.2, 0.25) is 0 Å². The van der Waals surface area contributed by atoms with Crippen molar-refractivity contribution in [1.29, 1.82) is 0 Å². The van der Waals surface area contributed by atoms with Crippen molar-refractivity contribution in [1.82, 2.24) is 0 Å². The Labute approximate surface area is 154 Å². The molecule has 1 atom stereocenters. The van der Waals surface area contributed by atoms with Gasteiger partial charge in [-0.3, -0.25) is 4.79 Å². The number of benzene rings is 3. The van der Waals surface area contributed by atoms with Gasteiger partial charge in [0.15, 0.2) is 0 Å². The summed E-state index contributed by atoms with van der Waals surface area (Å²) < 4.78 is 11.7. The smallest absolute Gasteiger partial charge is 0.366 e. The van der Waals surface area contributed by atoms with Crippen LogP contribution in [0.25, 0.3) is 0 Å². The van der Waals surface area contributed by atoms with Crippen molar-refractivity contribution in [2.24, 2.45) is 5.73 Å². The van der Waals surface area contributed by atoms with Gasteiger partial charge in [0.1, 0.15) is 11.5 Å². The third-order valence-corrected chi connectivity index (χ3v) is 5.10. The molecule has 2 N–H and O–H groups in total. The highest BCUT2D eigenvalue weighted by Crippen LogP contribution is 2.42. The lowest BCUT2D eigenvalue weighted by Crippen LogP contribution is -2.33. The Balaban J connectivity index is 1.75. The first-order valence-corrected chi connectivity index (χ1v) is 9.49. The molecule has 4 nitrogen and oxygen atoms in total. The molecular formula is C21H20NO3P. The number of para-hydroxylation sites is 2. The maximum absolute atomic E-state index is 12.9. The van der Waals surface area contributed by atoms with Crippen LogP contribution in [0.5, 0.6) is 11.5 Å². The van der Waals surface area contributed by atoms with Gasteiger partial charge in [0.05, 0.1) is 6.04 Å². The van der Waals surface area contributed by atoms with E-state index in [-0.39, 0.29) is 5.52 Å². The van der Waals surface area contributed by atoms with Crippen LogP contribution in [0.15, 0.2) is 91.0 Å². The maximum Gasteiger partial charge on any atom is 0.366 e. The van der Waals surface area contributed by atoms with Crippen molar-refractivity contribution in [2.75, 3.05) is 0 Å². The fourth-order valence-corrected chi connectivity index (χ4v) is 3.56. The zero-order valence-electron chi connectivity index (χ0n) is 14.2. The zero-order chi connectivity index (χ0) is 18.2. The van der Waals surface area contributed by atoms with E-state index in [9.17, 15) is 4.79 Å². The van der Waals surface area contributed by atoms with Crippen LogP contribution >= 0.6 is 8.38 Å². The Hall–Kier alpha value is -2.68. The van der Waals surface area contributed by atoms with Gasteiger partial charge in [-0.15, -0.1) is 0 Å². The van der Waals surface area contributed by atoms with Gasteiger partial charge in [-0.05, 0) is 36.2 Å². The minimum atomic E-state index is -1.87. The van der Waals surface area contributed by atoms with Gasteiger partial charge in [-0.2, -0.15) is 0 Å². The largest absolute Gasteiger partial charge is 0.433 e. The van der Waals surface area contributed by atoms with Crippen LogP contribution in [0.3, 0.4) is 0 Å². The van der Waals surface area contributed by atoms with Crippen LogP contribution < -0.4 is 14.8 Å². The molecule has 0 spiro atoms. The summed E-state index contributed by atoms with van der Waals surface area (Å²) in [6.07, 6.45) is 0.439. The first-order valence-electron chi connectivity index (χ1n) is 8.32. The molecule has 1 unspecified atom stereocenters. The van der Waals surface area contributed by atoms with Crippen LogP contribution in [-0.4, -0.2) is 11.6 Å². The van der Waals surface area contributed by atoms with E-state index in [2.05, 4.69) is 0 Å². The van der Waals surface area contributed by atoms with Crippen LogP contribution in [0.4, 0.5) is 0 Å². The predicted octanol–water partition coefficient (Wildman–Crippen LogP) is 4.55. The molecule has 3 aromatic rings. The van der Waals surface area contributed by atoms with Crippen LogP contribution in [0.2, 0.25) is 0 Å². The van der Waals surface area contributed by atoms with Gasteiger partial charge < -0.3 is 14.8 Å². The van der Waals surface area contributed by atoms with Crippen molar-refractivity contribution < 1.29 is 13.8 Å². The number of hydrogen-bond acceptors (Lipinski definition) is 4. The zero-order valence-corrected chi connectivity index (χ0v) is 15.1. The van der Waals surface area contributed by atoms with Crippen molar-refractivity contribution in [3.63, 3.8) is 0 Å². The third-order valence-electron chi connectivity index (χ3n) is 3.66. The van der Waals surface area contributed by atoms with Gasteiger partial charge in [0, 0.05) is 0 Å². The summed E-state index contributed by atoms with van der Waals surface area (Å²) in [6, 6.07) is 27.3. The summed E-state index contributed by atoms with van der Waals surface area (Å²) in [6.45, 7) is 0. The highest BCUT2D eigenvalue weighted by Gasteiger charge is 2.30. The molecule has 0 saturated heterocycles. The van der Waals surface area contributed by atoms with Gasteiger partial charge in [-0.1, -0.05) is 66.7 Å². The minimum absolute atomic E-state index is 0.239. The van der Waals surface area contributed by atoms with Crippen molar-refractivity contribution in [3.05, 3.63) is 96.6 Å². The molecule has 0 fully saturated rings. The van der Waals surface area contributed by atoms with E-state index in [1.54, 1.807) is 24.3 Å². The standard InChI is InChI=1S/C21H20NO3P/c22-20(16-17-10-4-1-5-11-17)21(23)26(24-18-12-6-2-7-13-18)25-19-14-8-3-9-15-19/h1-15,20H,16,22H2. The van der Waals surface area contributed by atoms with Gasteiger partial charge in [-0.25, -0.2) is 0 Å². The Morgan fingerprint density at radius 1 is 0.769 bits per heavy atom. The first kappa shape index (κ1) is 18.1. The highest BCUT2D eigenvalue weighted by atomic mass is 31.2. The second-order valence-corrected chi connectivity index (χ2v) is 7.02. The van der Waals surface area contributed by atoms with Crippen LogP contribution in [-0.2, 0) is 11.2 Å². The summed E-state index contributed by atoms with van der Waals surface area (Å²) in [5.41, 5.74) is 6.93. The normalized spacial score (nSPS) is 11.8. The van der Waals surface area contributed by atoms with E-state index in [0.717, 1.165) is 5.56 Å². The van der Waals surface area contributed by atoms with Gasteiger partial charge in [0.25, 0.3) is 5.52 Å². The molecule has 0 heterocycles. The number of hydrogen-bond donors (Lipinski definition) is 1. The molecule has 0 aliphatic carbocycles. The molecule has 0 aliphatic rings. The Morgan fingerprint density at radius 3 is 1.65 bits per heavy atom. The lowest BCUT2D eigenvalue weighted by molar-refractivity contribution is -0.113. The number of carbonyl (C=O) groups is 1. The topological polar surface area (TPSA) is 61.6 Å². The monoisotopic (exact) mass is 365 g/mol. The molecule has 26 heavy (non-hydrogen) atoms. The van der Waals surface area contributed by atoms with Crippen LogP contribution in [0.1, 0.15) is 5.56 Å². The van der Waals surface area contributed by atoms with E-state index in [0.29, 0.717) is 17.9 Å². The maximum atomic E-state index is 12.9. The summed E-state index contributed by atoms with van der Waals surface area (Å²) in [5.74, 6) is 1.16. The number of nitrogens with two attached hydrogens (primary N) is 1. The Kier molecular flexibility index (Phi) is 6.37. The van der Waals surface area contributed by atoms with E-state index < -0.39 is 14.4 Å². The van der Waals surface area contributed by atoms with E-state index in [4.69, 9.17) is 14.8 Å². The predicted molar refractivity (Wildman–Crippen MR) is 104 cm³/mol. The summed E-state index contributed by atoms with van der Waals surface area (Å²) >= 11 is 0. The average Bonchev–Trinajstić information content (AvgIpc) is 2.69. The highest BCUT2D eigenvalue weighted by molar-refractivity contribution is 7.67. The summed E-state index contributed by atoms with van der Waals surface area (Å²) in [4.78, 5) is 12.9. The average molecular weight is 365 g/mol. The lowest BCUT2D eigenvalue weighted by Gasteiger charge is -2.20. The lowest BCUT2D eigenvalue weighted by atomic mass is 10.1. The Bertz CT molecular complexity index is 771. The van der Waals surface area contributed by atoms with Gasteiger partial charge >= 0.3 is 8.38 Å². The molecule has 0 bridgehead atoms. The number of carbonyl (C=O) groups excluding carboxylic acids is 1. The van der Waals surface area contributed by atoms with Crippen molar-refractivity contribution >= 4 is 13.9 Å². The quantitative estimate of drug-likeness (QED) is 0.595. The molecule has 132 valence electrons. The van der Waals surface area contributed by atoms with Crippen LogP contribution in [0, 0.1) is 0 Å². The molecule has 0 aromatic heterocycles. The van der Waals surface area contributed by atoms with E-state index in [1.165, 1.54) is 0 Å². The van der Waals surface area contributed by atoms with E-state index >= 15 is 0 Å². The third kappa shape index (κ3) is 5.16. The molecule has 5 heteroatoms. The second-order valence-electron chi connectivity index (χ2n) is 5.70. The fourth-order valence-electron chi connectivity index (χ4n) is 2.35. The van der Waals surface area contributed by atoms with E-state index in [1.807, 2.05) is 66.7 Å². The SMILES string of the molecule is NC(Cc1ccccc1)C(=O)P(Oc1ccccc1)Oc1ccccc1. The molecule has 0 amide bonds. The first-order chi connectivity index (χ1) is 12.7. The molecular weight excluding hydrogens is 345 g/mol. The molecule has 0 radical (unpaired) electrons. The van der Waals surface area contributed by atoms with Crippen molar-refractivity contribution in [3.8, 4) is 11.5 Å².